The van der Waals surface area contributed by atoms with Gasteiger partial charge in [0.15, 0.2) is 23.0 Å². The monoisotopic (exact) mass is 526 g/mol. The molecule has 1 heterocycles. The summed E-state index contributed by atoms with van der Waals surface area (Å²) in [5.74, 6) is 2.81. The van der Waals surface area contributed by atoms with Gasteiger partial charge in [-0.25, -0.2) is 0 Å². The van der Waals surface area contributed by atoms with Crippen molar-refractivity contribution < 1.29 is 18.9 Å². The zero-order valence-electron chi connectivity index (χ0n) is 23.9. The second-order valence-electron chi connectivity index (χ2n) is 10.4. The van der Waals surface area contributed by atoms with Gasteiger partial charge >= 0.3 is 0 Å². The van der Waals surface area contributed by atoms with E-state index in [0.717, 1.165) is 28.9 Å². The third-order valence-corrected chi connectivity index (χ3v) is 6.79. The molecule has 0 bridgehead atoms. The maximum atomic E-state index is 5.64. The third-order valence-electron chi connectivity index (χ3n) is 6.79. The molecule has 1 aliphatic heterocycles. The first kappa shape index (κ1) is 27.8. The lowest BCUT2D eigenvalue weighted by Crippen LogP contribution is -2.24. The zero-order valence-corrected chi connectivity index (χ0v) is 23.9. The van der Waals surface area contributed by atoms with Gasteiger partial charge in [0.2, 0.25) is 0 Å². The standard InChI is InChI=1S/C33H38N2O4/c1-33(2,3)25-16-20-27(21-17-25)35-28(19-15-24-11-9-13-30(37-5)32(24)39-7)22-26(34-35)18-14-23-10-8-12-29(36-4)31(23)38-6/h8-21,28H,22H2,1-7H3. The summed E-state index contributed by atoms with van der Waals surface area (Å²) < 4.78 is 22.2. The van der Waals surface area contributed by atoms with Crippen molar-refractivity contribution >= 4 is 23.6 Å². The van der Waals surface area contributed by atoms with Crippen molar-refractivity contribution in [3.8, 4) is 23.0 Å². The molecule has 39 heavy (non-hydrogen) atoms. The molecule has 1 atom stereocenters. The molecule has 0 aromatic heterocycles. The van der Waals surface area contributed by atoms with Gasteiger partial charge in [-0.1, -0.05) is 69.3 Å². The Hall–Kier alpha value is -4.19. The highest BCUT2D eigenvalue weighted by atomic mass is 16.5. The highest BCUT2D eigenvalue weighted by Crippen LogP contribution is 2.35. The molecule has 0 aliphatic carbocycles. The summed E-state index contributed by atoms with van der Waals surface area (Å²) in [4.78, 5) is 0. The molecule has 6 heteroatoms. The van der Waals surface area contributed by atoms with Crippen molar-refractivity contribution in [1.82, 2.24) is 0 Å². The van der Waals surface area contributed by atoms with E-state index in [9.17, 15) is 0 Å². The van der Waals surface area contributed by atoms with Gasteiger partial charge in [-0.05, 0) is 47.4 Å². The number of para-hydroxylation sites is 2. The maximum absolute atomic E-state index is 5.64. The summed E-state index contributed by atoms with van der Waals surface area (Å²) in [5.41, 5.74) is 5.25. The van der Waals surface area contributed by atoms with Gasteiger partial charge in [0.25, 0.3) is 0 Å². The largest absolute Gasteiger partial charge is 0.493 e. The number of hydrogen-bond donors (Lipinski definition) is 0. The fraction of sp³-hybridized carbons (Fsp3) is 0.303. The van der Waals surface area contributed by atoms with Crippen LogP contribution in [0.25, 0.3) is 12.2 Å². The Morgan fingerprint density at radius 1 is 0.718 bits per heavy atom. The summed E-state index contributed by atoms with van der Waals surface area (Å²) in [7, 11) is 6.60. The lowest BCUT2D eigenvalue weighted by Gasteiger charge is -2.23. The number of benzene rings is 3. The molecule has 4 rings (SSSR count). The van der Waals surface area contributed by atoms with Crippen molar-refractivity contribution in [3.05, 3.63) is 89.5 Å². The van der Waals surface area contributed by atoms with Crippen LogP contribution in [0.5, 0.6) is 23.0 Å². The number of hydrogen-bond acceptors (Lipinski definition) is 6. The van der Waals surface area contributed by atoms with Crippen molar-refractivity contribution in [1.29, 1.82) is 0 Å². The van der Waals surface area contributed by atoms with Crippen LogP contribution in [0.1, 0.15) is 43.9 Å². The Morgan fingerprint density at radius 3 is 1.79 bits per heavy atom. The fourth-order valence-corrected chi connectivity index (χ4v) is 4.66. The molecule has 0 saturated carbocycles. The first-order chi connectivity index (χ1) is 18.8. The average molecular weight is 527 g/mol. The predicted molar refractivity (Wildman–Crippen MR) is 161 cm³/mol. The number of rotatable bonds is 9. The van der Waals surface area contributed by atoms with Crippen LogP contribution in [0, 0.1) is 0 Å². The molecule has 3 aromatic carbocycles. The Morgan fingerprint density at radius 2 is 1.28 bits per heavy atom. The molecular weight excluding hydrogens is 488 g/mol. The second kappa shape index (κ2) is 12.1. The minimum atomic E-state index is 0.0215. The van der Waals surface area contributed by atoms with Crippen LogP contribution in [-0.4, -0.2) is 40.2 Å². The smallest absolute Gasteiger partial charge is 0.167 e. The molecule has 3 aromatic rings. The minimum absolute atomic E-state index is 0.0215. The van der Waals surface area contributed by atoms with Crippen LogP contribution in [-0.2, 0) is 5.41 Å². The zero-order chi connectivity index (χ0) is 28.0. The maximum Gasteiger partial charge on any atom is 0.167 e. The molecule has 0 spiro atoms. The molecule has 0 radical (unpaired) electrons. The van der Waals surface area contributed by atoms with Crippen LogP contribution in [0.2, 0.25) is 0 Å². The second-order valence-corrected chi connectivity index (χ2v) is 10.4. The molecule has 6 nitrogen and oxygen atoms in total. The van der Waals surface area contributed by atoms with E-state index in [1.54, 1.807) is 28.4 Å². The topological polar surface area (TPSA) is 52.5 Å². The number of methoxy groups -OCH3 is 4. The summed E-state index contributed by atoms with van der Waals surface area (Å²) in [6, 6.07) is 20.4. The molecule has 204 valence electrons. The number of nitrogens with zero attached hydrogens (tertiary/aromatic N) is 2. The summed E-state index contributed by atoms with van der Waals surface area (Å²) in [6.45, 7) is 6.66. The molecule has 0 fully saturated rings. The quantitative estimate of drug-likeness (QED) is 0.291. The van der Waals surface area contributed by atoms with Gasteiger partial charge < -0.3 is 18.9 Å². The Bertz CT molecular complexity index is 1370. The van der Waals surface area contributed by atoms with E-state index in [-0.39, 0.29) is 11.5 Å². The molecule has 0 amide bonds. The van der Waals surface area contributed by atoms with E-state index in [4.69, 9.17) is 24.0 Å². The third kappa shape index (κ3) is 6.28. The van der Waals surface area contributed by atoms with Crippen LogP contribution >= 0.6 is 0 Å². The number of allylic oxidation sites excluding steroid dienone is 1. The lowest BCUT2D eigenvalue weighted by atomic mass is 9.87. The first-order valence-electron chi connectivity index (χ1n) is 13.0. The average Bonchev–Trinajstić information content (AvgIpc) is 3.36. The van der Waals surface area contributed by atoms with Crippen LogP contribution < -0.4 is 24.0 Å². The van der Waals surface area contributed by atoms with Gasteiger partial charge in [-0.2, -0.15) is 5.10 Å². The van der Waals surface area contributed by atoms with E-state index >= 15 is 0 Å². The number of anilines is 1. The SMILES string of the molecule is COc1cccc(C=CC2=NN(c3ccc(C(C)(C)C)cc3)C(C=Cc3cccc(OC)c3OC)C2)c1OC. The normalized spacial score (nSPS) is 15.6. The van der Waals surface area contributed by atoms with Crippen LogP contribution in [0.3, 0.4) is 0 Å². The summed E-state index contributed by atoms with van der Waals surface area (Å²) in [5, 5.41) is 7.10. The Balaban J connectivity index is 1.67. The molecule has 0 saturated heterocycles. The van der Waals surface area contributed by atoms with Gasteiger partial charge in [0, 0.05) is 17.5 Å². The van der Waals surface area contributed by atoms with Gasteiger partial charge in [-0.15, -0.1) is 0 Å². The van der Waals surface area contributed by atoms with E-state index in [0.29, 0.717) is 23.0 Å². The highest BCUT2D eigenvalue weighted by molar-refractivity contribution is 6.01. The van der Waals surface area contributed by atoms with Gasteiger partial charge in [0.05, 0.1) is 45.9 Å². The van der Waals surface area contributed by atoms with Crippen LogP contribution in [0.4, 0.5) is 5.69 Å². The van der Waals surface area contributed by atoms with E-state index < -0.39 is 0 Å². The van der Waals surface area contributed by atoms with Crippen LogP contribution in [0.15, 0.2) is 77.9 Å². The first-order valence-corrected chi connectivity index (χ1v) is 13.0. The fourth-order valence-electron chi connectivity index (χ4n) is 4.66. The Kier molecular flexibility index (Phi) is 8.65. The molecule has 1 aliphatic rings. The summed E-state index contributed by atoms with van der Waals surface area (Å²) >= 11 is 0. The summed E-state index contributed by atoms with van der Waals surface area (Å²) in [6.07, 6.45) is 9.07. The van der Waals surface area contributed by atoms with Crippen molar-refractivity contribution in [2.24, 2.45) is 5.10 Å². The number of hydrazone groups is 1. The lowest BCUT2D eigenvalue weighted by molar-refractivity contribution is 0.354. The Labute approximate surface area is 232 Å². The van der Waals surface area contributed by atoms with E-state index in [1.165, 1.54) is 5.56 Å². The van der Waals surface area contributed by atoms with E-state index in [1.807, 2.05) is 48.6 Å². The van der Waals surface area contributed by atoms with Crippen molar-refractivity contribution in [2.75, 3.05) is 33.4 Å². The van der Waals surface area contributed by atoms with Crippen molar-refractivity contribution in [3.63, 3.8) is 0 Å². The highest BCUT2D eigenvalue weighted by Gasteiger charge is 2.25. The van der Waals surface area contributed by atoms with Crippen molar-refractivity contribution in [2.45, 2.75) is 38.6 Å². The molecule has 1 unspecified atom stereocenters. The predicted octanol–water partition coefficient (Wildman–Crippen LogP) is 7.38. The van der Waals surface area contributed by atoms with Gasteiger partial charge in [0.1, 0.15) is 0 Å². The minimum Gasteiger partial charge on any atom is -0.493 e. The van der Waals surface area contributed by atoms with E-state index in [2.05, 4.69) is 62.2 Å². The number of ether oxygens (including phenoxy) is 4. The molecular formula is C33H38N2O4. The molecule has 0 N–H and O–H groups in total. The van der Waals surface area contributed by atoms with Gasteiger partial charge in [-0.3, -0.25) is 5.01 Å².